The lowest BCUT2D eigenvalue weighted by molar-refractivity contribution is 0.0926. The third-order valence-electron chi connectivity index (χ3n) is 5.32. The zero-order valence-electron chi connectivity index (χ0n) is 17.7. The highest BCUT2D eigenvalue weighted by Crippen LogP contribution is 2.24. The van der Waals surface area contributed by atoms with E-state index < -0.39 is 15.8 Å². The Bertz CT molecular complexity index is 1110. The number of benzene rings is 2. The molecule has 32 heavy (non-hydrogen) atoms. The van der Waals surface area contributed by atoms with Gasteiger partial charge in [0.05, 0.1) is 17.6 Å². The van der Waals surface area contributed by atoms with Crippen molar-refractivity contribution in [1.29, 1.82) is 0 Å². The van der Waals surface area contributed by atoms with E-state index in [4.69, 9.17) is 9.47 Å². The second-order valence-electron chi connectivity index (χ2n) is 7.72. The summed E-state index contributed by atoms with van der Waals surface area (Å²) in [5.74, 6) is 0.114. The number of nitrogens with zero attached hydrogens (tertiary/aromatic N) is 1. The van der Waals surface area contributed by atoms with Crippen LogP contribution in [0.1, 0.15) is 23.3 Å². The SMILES string of the molecule is O=S(=O)(c1cccc(F)c1)N(Cc1cccc(OCCc2cccs2)c1)C[C@H]1CCCO1. The van der Waals surface area contributed by atoms with Crippen molar-refractivity contribution in [2.45, 2.75) is 36.8 Å². The van der Waals surface area contributed by atoms with Crippen molar-refractivity contribution in [3.05, 3.63) is 82.3 Å². The summed E-state index contributed by atoms with van der Waals surface area (Å²) >= 11 is 1.69. The molecule has 0 spiro atoms. The van der Waals surface area contributed by atoms with E-state index in [2.05, 4.69) is 6.07 Å². The van der Waals surface area contributed by atoms with Crippen LogP contribution in [-0.2, 0) is 27.7 Å². The molecule has 1 saturated heterocycles. The van der Waals surface area contributed by atoms with Gasteiger partial charge in [0.15, 0.2) is 0 Å². The molecule has 1 fully saturated rings. The van der Waals surface area contributed by atoms with Gasteiger partial charge in [-0.2, -0.15) is 4.31 Å². The Labute approximate surface area is 192 Å². The van der Waals surface area contributed by atoms with Gasteiger partial charge >= 0.3 is 0 Å². The molecule has 2 heterocycles. The van der Waals surface area contributed by atoms with E-state index in [1.807, 2.05) is 35.7 Å². The minimum atomic E-state index is -3.89. The molecule has 0 N–H and O–H groups in total. The summed E-state index contributed by atoms with van der Waals surface area (Å²) in [6.07, 6.45) is 2.37. The number of rotatable bonds is 10. The monoisotopic (exact) mass is 475 g/mol. The van der Waals surface area contributed by atoms with Crippen LogP contribution in [0.15, 0.2) is 70.9 Å². The van der Waals surface area contributed by atoms with Gasteiger partial charge in [-0.1, -0.05) is 24.3 Å². The summed E-state index contributed by atoms with van der Waals surface area (Å²) in [5, 5.41) is 2.04. The normalized spacial score (nSPS) is 16.5. The first kappa shape index (κ1) is 22.9. The van der Waals surface area contributed by atoms with E-state index in [1.165, 1.54) is 27.4 Å². The predicted molar refractivity (Wildman–Crippen MR) is 123 cm³/mol. The molecule has 0 bridgehead atoms. The van der Waals surface area contributed by atoms with Crippen molar-refractivity contribution in [2.24, 2.45) is 0 Å². The molecule has 2 aromatic carbocycles. The topological polar surface area (TPSA) is 55.8 Å². The van der Waals surface area contributed by atoms with Crippen molar-refractivity contribution in [2.75, 3.05) is 19.8 Å². The first-order valence-corrected chi connectivity index (χ1v) is 12.9. The fourth-order valence-corrected chi connectivity index (χ4v) is 5.88. The number of hydrogen-bond acceptors (Lipinski definition) is 5. The fraction of sp³-hybridized carbons (Fsp3) is 0.333. The molecular formula is C24H26FNO4S2. The maximum absolute atomic E-state index is 13.7. The molecular weight excluding hydrogens is 449 g/mol. The maximum atomic E-state index is 13.7. The van der Waals surface area contributed by atoms with E-state index in [9.17, 15) is 12.8 Å². The summed E-state index contributed by atoms with van der Waals surface area (Å²) in [6, 6.07) is 16.7. The van der Waals surface area contributed by atoms with Gasteiger partial charge in [-0.3, -0.25) is 0 Å². The summed E-state index contributed by atoms with van der Waals surface area (Å²) in [4.78, 5) is 1.20. The average Bonchev–Trinajstić information content (AvgIpc) is 3.48. The van der Waals surface area contributed by atoms with Gasteiger partial charge in [-0.05, 0) is 60.2 Å². The van der Waals surface area contributed by atoms with Gasteiger partial charge in [0, 0.05) is 31.0 Å². The predicted octanol–water partition coefficient (Wildman–Crippen LogP) is 4.88. The lowest BCUT2D eigenvalue weighted by Gasteiger charge is -2.25. The van der Waals surface area contributed by atoms with Crippen molar-refractivity contribution in [3.63, 3.8) is 0 Å². The van der Waals surface area contributed by atoms with Gasteiger partial charge in [0.1, 0.15) is 11.6 Å². The van der Waals surface area contributed by atoms with Gasteiger partial charge in [0.2, 0.25) is 10.0 Å². The molecule has 1 aliphatic heterocycles. The highest BCUT2D eigenvalue weighted by molar-refractivity contribution is 7.89. The van der Waals surface area contributed by atoms with Crippen LogP contribution < -0.4 is 4.74 Å². The van der Waals surface area contributed by atoms with Gasteiger partial charge in [0.25, 0.3) is 0 Å². The smallest absolute Gasteiger partial charge is 0.243 e. The minimum Gasteiger partial charge on any atom is -0.493 e. The highest BCUT2D eigenvalue weighted by Gasteiger charge is 2.29. The molecule has 0 aliphatic carbocycles. The molecule has 1 aromatic heterocycles. The van der Waals surface area contributed by atoms with E-state index in [0.717, 1.165) is 30.9 Å². The molecule has 1 aliphatic rings. The molecule has 170 valence electrons. The Morgan fingerprint density at radius 2 is 2.00 bits per heavy atom. The van der Waals surface area contributed by atoms with Crippen LogP contribution in [0.4, 0.5) is 4.39 Å². The Kier molecular flexibility index (Phi) is 7.57. The molecule has 0 saturated carbocycles. The van der Waals surface area contributed by atoms with Crippen LogP contribution in [0.5, 0.6) is 5.75 Å². The van der Waals surface area contributed by atoms with Crippen molar-refractivity contribution < 1.29 is 22.3 Å². The third-order valence-corrected chi connectivity index (χ3v) is 8.06. The zero-order chi connectivity index (χ0) is 22.4. The first-order valence-electron chi connectivity index (χ1n) is 10.6. The van der Waals surface area contributed by atoms with Crippen LogP contribution in [0.2, 0.25) is 0 Å². The molecule has 8 heteroatoms. The maximum Gasteiger partial charge on any atom is 0.243 e. The van der Waals surface area contributed by atoms with Crippen molar-refractivity contribution in [3.8, 4) is 5.75 Å². The van der Waals surface area contributed by atoms with Crippen LogP contribution in [0.3, 0.4) is 0 Å². The number of thiophene rings is 1. The number of sulfonamides is 1. The average molecular weight is 476 g/mol. The number of hydrogen-bond donors (Lipinski definition) is 0. The fourth-order valence-electron chi connectivity index (χ4n) is 3.70. The second kappa shape index (κ2) is 10.6. The first-order chi connectivity index (χ1) is 15.5. The van der Waals surface area contributed by atoms with Gasteiger partial charge < -0.3 is 9.47 Å². The number of ether oxygens (including phenoxy) is 2. The summed E-state index contributed by atoms with van der Waals surface area (Å²) in [7, 11) is -3.89. The van der Waals surface area contributed by atoms with Crippen LogP contribution in [-0.4, -0.2) is 38.6 Å². The van der Waals surface area contributed by atoms with E-state index in [-0.39, 0.29) is 24.1 Å². The van der Waals surface area contributed by atoms with Gasteiger partial charge in [-0.15, -0.1) is 11.3 Å². The molecule has 5 nitrogen and oxygen atoms in total. The molecule has 1 atom stereocenters. The standard InChI is InChI=1S/C24H26FNO4S2/c25-20-6-2-10-24(16-20)32(27,28)26(18-22-8-3-12-29-22)17-19-5-1-7-21(15-19)30-13-11-23-9-4-14-31-23/h1-2,4-7,9-10,14-16,22H,3,8,11-13,17-18H2/t22-/m1/s1. The van der Waals surface area contributed by atoms with Crippen molar-refractivity contribution in [1.82, 2.24) is 4.31 Å². The summed E-state index contributed by atoms with van der Waals surface area (Å²) in [5.41, 5.74) is 0.802. The largest absolute Gasteiger partial charge is 0.493 e. The van der Waals surface area contributed by atoms with Crippen molar-refractivity contribution >= 4 is 21.4 Å². The lowest BCUT2D eigenvalue weighted by atomic mass is 10.2. The minimum absolute atomic E-state index is 0.0566. The Morgan fingerprint density at radius 1 is 1.12 bits per heavy atom. The Balaban J connectivity index is 1.50. The zero-order valence-corrected chi connectivity index (χ0v) is 19.3. The second-order valence-corrected chi connectivity index (χ2v) is 10.7. The number of halogens is 1. The highest BCUT2D eigenvalue weighted by atomic mass is 32.2. The van der Waals surface area contributed by atoms with E-state index in [1.54, 1.807) is 11.3 Å². The third kappa shape index (κ3) is 5.95. The molecule has 3 aromatic rings. The summed E-state index contributed by atoms with van der Waals surface area (Å²) < 4.78 is 53.4. The van der Waals surface area contributed by atoms with Crippen LogP contribution in [0.25, 0.3) is 0 Å². The summed E-state index contributed by atoms with van der Waals surface area (Å²) in [6.45, 7) is 1.56. The van der Waals surface area contributed by atoms with E-state index >= 15 is 0 Å². The van der Waals surface area contributed by atoms with Crippen LogP contribution >= 0.6 is 11.3 Å². The molecule has 0 radical (unpaired) electrons. The van der Waals surface area contributed by atoms with E-state index in [0.29, 0.717) is 19.0 Å². The molecule has 4 rings (SSSR count). The molecule has 0 amide bonds. The lowest BCUT2D eigenvalue weighted by Crippen LogP contribution is -2.37. The Morgan fingerprint density at radius 3 is 2.75 bits per heavy atom. The van der Waals surface area contributed by atoms with Crippen LogP contribution in [0, 0.1) is 5.82 Å². The molecule has 0 unspecified atom stereocenters. The Hall–Kier alpha value is -2.26. The van der Waals surface area contributed by atoms with Gasteiger partial charge in [-0.25, -0.2) is 12.8 Å². The quantitative estimate of drug-likeness (QED) is 0.419.